The molecule has 0 spiro atoms. The van der Waals surface area contributed by atoms with Crippen molar-refractivity contribution in [2.75, 3.05) is 23.2 Å². The molecule has 4 heterocycles. The van der Waals surface area contributed by atoms with Crippen LogP contribution >= 0.6 is 0 Å². The van der Waals surface area contributed by atoms with Crippen LogP contribution in [0.1, 0.15) is 25.4 Å². The van der Waals surface area contributed by atoms with Gasteiger partial charge in [0.05, 0.1) is 11.0 Å². The standard InChI is InChI=1S/C19H21N9/c1-2-6-14(7-3-1)17-24-18-20-10-26(25-11-21-22-12-25)13-27(18)19-23-15-8-4-5-9-16(15)28(17)19/h1-2,4-5,8-9,11-12,14,17H,3,6-7,10,13H2,(H,20,24)/t14-,17-/m0/s1. The molecule has 9 heteroatoms. The van der Waals surface area contributed by atoms with E-state index in [1.807, 2.05) is 10.7 Å². The minimum atomic E-state index is 0.156. The Morgan fingerprint density at radius 3 is 2.82 bits per heavy atom. The van der Waals surface area contributed by atoms with Crippen LogP contribution in [-0.2, 0) is 0 Å². The predicted molar refractivity (Wildman–Crippen MR) is 106 cm³/mol. The Morgan fingerprint density at radius 1 is 1.07 bits per heavy atom. The number of rotatable bonds is 2. The highest BCUT2D eigenvalue weighted by molar-refractivity contribution is 5.98. The third-order valence-corrected chi connectivity index (χ3v) is 5.81. The second kappa shape index (κ2) is 6.08. The summed E-state index contributed by atoms with van der Waals surface area (Å²) in [4.78, 5) is 11.9. The second-order valence-corrected chi connectivity index (χ2v) is 7.45. The van der Waals surface area contributed by atoms with Gasteiger partial charge in [-0.15, -0.1) is 10.2 Å². The first-order chi connectivity index (χ1) is 13.9. The lowest BCUT2D eigenvalue weighted by molar-refractivity contribution is 0.282. The maximum atomic E-state index is 4.98. The molecule has 0 amide bonds. The Balaban J connectivity index is 1.47. The van der Waals surface area contributed by atoms with Crippen LogP contribution in [0.3, 0.4) is 0 Å². The highest BCUT2D eigenvalue weighted by Gasteiger charge is 2.38. The van der Waals surface area contributed by atoms with Gasteiger partial charge < -0.3 is 5.32 Å². The summed E-state index contributed by atoms with van der Waals surface area (Å²) in [5.41, 5.74) is 2.17. The van der Waals surface area contributed by atoms with Crippen molar-refractivity contribution in [1.29, 1.82) is 0 Å². The summed E-state index contributed by atoms with van der Waals surface area (Å²) in [6.07, 6.45) is 11.5. The second-order valence-electron chi connectivity index (χ2n) is 7.45. The summed E-state index contributed by atoms with van der Waals surface area (Å²) in [7, 11) is 0. The van der Waals surface area contributed by atoms with Gasteiger partial charge in [-0.25, -0.2) is 14.7 Å². The molecule has 0 saturated carbocycles. The number of allylic oxidation sites excluding steroid dienone is 2. The fraction of sp³-hybridized carbons (Fsp3) is 0.368. The maximum Gasteiger partial charge on any atom is 0.216 e. The first-order valence-corrected chi connectivity index (χ1v) is 9.69. The van der Waals surface area contributed by atoms with Gasteiger partial charge in [-0.05, 0) is 31.4 Å². The van der Waals surface area contributed by atoms with E-state index < -0.39 is 0 Å². The molecule has 0 radical (unpaired) electrons. The first kappa shape index (κ1) is 15.7. The minimum absolute atomic E-state index is 0.156. The normalized spacial score (nSPS) is 23.9. The van der Waals surface area contributed by atoms with E-state index >= 15 is 0 Å². The number of aromatic nitrogens is 5. The van der Waals surface area contributed by atoms with Crippen LogP contribution in [0, 0.1) is 5.92 Å². The number of nitrogens with one attached hydrogen (secondary N) is 1. The van der Waals surface area contributed by atoms with Crippen molar-refractivity contribution in [3.63, 3.8) is 0 Å². The van der Waals surface area contributed by atoms with E-state index in [0.29, 0.717) is 19.3 Å². The van der Waals surface area contributed by atoms with Crippen LogP contribution in [0.15, 0.2) is 54.1 Å². The monoisotopic (exact) mass is 375 g/mol. The molecular weight excluding hydrogens is 354 g/mol. The third-order valence-electron chi connectivity index (χ3n) is 5.81. The van der Waals surface area contributed by atoms with Crippen molar-refractivity contribution in [2.24, 2.45) is 10.9 Å². The van der Waals surface area contributed by atoms with Gasteiger partial charge in [0, 0.05) is 5.92 Å². The van der Waals surface area contributed by atoms with E-state index in [2.05, 4.69) is 60.3 Å². The van der Waals surface area contributed by atoms with Gasteiger partial charge >= 0.3 is 0 Å². The number of hydrogen-bond donors (Lipinski definition) is 1. The molecule has 0 fully saturated rings. The fourth-order valence-electron chi connectivity index (χ4n) is 4.40. The molecule has 6 rings (SSSR count). The molecule has 2 atom stereocenters. The van der Waals surface area contributed by atoms with Gasteiger partial charge in [0.2, 0.25) is 11.9 Å². The Hall–Kier alpha value is -3.36. The van der Waals surface area contributed by atoms with Crippen LogP contribution in [0.4, 0.5) is 5.95 Å². The lowest BCUT2D eigenvalue weighted by Crippen LogP contribution is -2.60. The van der Waals surface area contributed by atoms with E-state index in [0.717, 1.165) is 35.8 Å². The summed E-state index contributed by atoms with van der Waals surface area (Å²) in [5, 5.41) is 13.6. The summed E-state index contributed by atoms with van der Waals surface area (Å²) in [5.74, 6) is 2.35. The molecule has 3 aromatic rings. The Labute approximate surface area is 162 Å². The van der Waals surface area contributed by atoms with E-state index in [1.54, 1.807) is 12.7 Å². The van der Waals surface area contributed by atoms with Crippen molar-refractivity contribution in [2.45, 2.75) is 25.4 Å². The summed E-state index contributed by atoms with van der Waals surface area (Å²) < 4.78 is 4.22. The Bertz CT molecular complexity index is 1060. The van der Waals surface area contributed by atoms with Gasteiger partial charge in [-0.3, -0.25) is 14.5 Å². The molecule has 2 aromatic heterocycles. The Morgan fingerprint density at radius 2 is 1.96 bits per heavy atom. The molecule has 1 aromatic carbocycles. The van der Waals surface area contributed by atoms with Crippen LogP contribution in [0.5, 0.6) is 0 Å². The minimum Gasteiger partial charge on any atom is -0.335 e. The SMILES string of the molecule is C1=CC[C@H]([C@H]2NC3=NCN(n4cnnc4)CN3c3nc4ccccc4n32)CC1. The number of guanidine groups is 1. The van der Waals surface area contributed by atoms with Gasteiger partial charge in [-0.1, -0.05) is 24.3 Å². The lowest BCUT2D eigenvalue weighted by Gasteiger charge is -2.44. The number of benzene rings is 1. The van der Waals surface area contributed by atoms with E-state index in [1.165, 1.54) is 6.42 Å². The van der Waals surface area contributed by atoms with Crippen molar-refractivity contribution >= 4 is 22.9 Å². The quantitative estimate of drug-likeness (QED) is 0.689. The van der Waals surface area contributed by atoms with Crippen molar-refractivity contribution in [3.8, 4) is 0 Å². The highest BCUT2D eigenvalue weighted by Crippen LogP contribution is 2.37. The molecular formula is C19H21N9. The van der Waals surface area contributed by atoms with E-state index in [4.69, 9.17) is 9.98 Å². The van der Waals surface area contributed by atoms with Crippen LogP contribution < -0.4 is 15.2 Å². The summed E-state index contributed by atoms with van der Waals surface area (Å²) >= 11 is 0. The van der Waals surface area contributed by atoms with Gasteiger partial charge in [0.25, 0.3) is 0 Å². The van der Waals surface area contributed by atoms with Gasteiger partial charge in [-0.2, -0.15) is 0 Å². The molecule has 9 nitrogen and oxygen atoms in total. The third kappa shape index (κ3) is 2.32. The van der Waals surface area contributed by atoms with Crippen LogP contribution in [-0.4, -0.2) is 43.7 Å². The number of nitrogens with zero attached hydrogens (tertiary/aromatic N) is 8. The highest BCUT2D eigenvalue weighted by atomic mass is 15.7. The van der Waals surface area contributed by atoms with E-state index in [-0.39, 0.29) is 6.17 Å². The zero-order chi connectivity index (χ0) is 18.5. The fourth-order valence-corrected chi connectivity index (χ4v) is 4.40. The molecule has 0 unspecified atom stereocenters. The number of fused-ring (bicyclic) bond motifs is 5. The topological polar surface area (TPSA) is 79.4 Å². The molecule has 0 saturated heterocycles. The molecule has 142 valence electrons. The molecule has 1 aliphatic carbocycles. The number of imidazole rings is 1. The molecule has 2 aliphatic heterocycles. The number of aliphatic imine (C=N–C) groups is 1. The average molecular weight is 375 g/mol. The molecule has 0 bridgehead atoms. The zero-order valence-electron chi connectivity index (χ0n) is 15.4. The zero-order valence-corrected chi connectivity index (χ0v) is 15.4. The number of para-hydroxylation sites is 2. The lowest BCUT2D eigenvalue weighted by atomic mass is 9.91. The van der Waals surface area contributed by atoms with Gasteiger partial charge in [0.15, 0.2) is 0 Å². The van der Waals surface area contributed by atoms with E-state index in [9.17, 15) is 0 Å². The number of anilines is 1. The van der Waals surface area contributed by atoms with Crippen molar-refractivity contribution < 1.29 is 0 Å². The molecule has 3 aliphatic rings. The summed E-state index contributed by atoms with van der Waals surface area (Å²) in [6.45, 7) is 1.18. The van der Waals surface area contributed by atoms with Gasteiger partial charge in [0.1, 0.15) is 32.2 Å². The predicted octanol–water partition coefficient (Wildman–Crippen LogP) is 1.82. The summed E-state index contributed by atoms with van der Waals surface area (Å²) in [6, 6.07) is 8.36. The number of hydrogen-bond acceptors (Lipinski definition) is 7. The van der Waals surface area contributed by atoms with Crippen LogP contribution in [0.2, 0.25) is 0 Å². The first-order valence-electron chi connectivity index (χ1n) is 9.69. The van der Waals surface area contributed by atoms with Crippen molar-refractivity contribution in [3.05, 3.63) is 49.1 Å². The average Bonchev–Trinajstić information content (AvgIpc) is 3.42. The Kier molecular flexibility index (Phi) is 3.40. The smallest absolute Gasteiger partial charge is 0.216 e. The molecule has 28 heavy (non-hydrogen) atoms. The van der Waals surface area contributed by atoms with Crippen molar-refractivity contribution in [1.82, 2.24) is 29.7 Å². The largest absolute Gasteiger partial charge is 0.335 e. The maximum absolute atomic E-state index is 4.98. The van der Waals surface area contributed by atoms with Crippen LogP contribution in [0.25, 0.3) is 11.0 Å². The molecule has 1 N–H and O–H groups in total.